The van der Waals surface area contributed by atoms with E-state index >= 15 is 0 Å². The smallest absolute Gasteiger partial charge is 0.112 e. The molecule has 0 saturated heterocycles. The summed E-state index contributed by atoms with van der Waals surface area (Å²) in [4.78, 5) is 2.38. The van der Waals surface area contributed by atoms with Crippen LogP contribution in [0.4, 0.5) is 0 Å². The summed E-state index contributed by atoms with van der Waals surface area (Å²) >= 11 is 2.83. The van der Waals surface area contributed by atoms with Crippen LogP contribution in [0.15, 0.2) is 0 Å². The second kappa shape index (κ2) is 3.20. The summed E-state index contributed by atoms with van der Waals surface area (Å²) in [6.45, 7) is 1.61. The van der Waals surface area contributed by atoms with Crippen LogP contribution in [0.3, 0.4) is 0 Å². The van der Waals surface area contributed by atoms with E-state index in [0.717, 1.165) is 0 Å². The zero-order chi connectivity index (χ0) is 4.99. The highest BCUT2D eigenvalue weighted by atomic mass is 79.9. The van der Waals surface area contributed by atoms with Gasteiger partial charge in [0.15, 0.2) is 0 Å². The fraction of sp³-hybridized carbons (Fsp3) is 0.500. The average Bonchev–Trinajstić information content (AvgIpc) is 1.35. The van der Waals surface area contributed by atoms with Crippen molar-refractivity contribution in [2.75, 3.05) is 0 Å². The Kier molecular flexibility index (Phi) is 3.20. The van der Waals surface area contributed by atoms with Crippen LogP contribution in [-0.2, 0) is 0 Å². The van der Waals surface area contributed by atoms with E-state index in [1.807, 2.05) is 0 Å². The molecule has 0 aliphatic heterocycles. The predicted octanol–water partition coefficient (Wildman–Crippen LogP) is 0.723. The van der Waals surface area contributed by atoms with Crippen LogP contribution in [0.2, 0.25) is 0 Å². The van der Waals surface area contributed by atoms with E-state index in [0.29, 0.717) is 0 Å². The number of rotatable bonds is 0. The monoisotopic (exact) mass is 148 g/mol. The van der Waals surface area contributed by atoms with Crippen LogP contribution >= 0.6 is 15.9 Å². The Balaban J connectivity index is 3.20. The SMILES string of the molecule is C[C@H](O)C#CBr. The van der Waals surface area contributed by atoms with Gasteiger partial charge in [-0.05, 0) is 11.8 Å². The molecule has 0 aromatic rings. The summed E-state index contributed by atoms with van der Waals surface area (Å²) in [6, 6.07) is 0. The lowest BCUT2D eigenvalue weighted by Crippen LogP contribution is -1.90. The first kappa shape index (κ1) is 6.00. The molecule has 0 unspecified atom stereocenters. The lowest BCUT2D eigenvalue weighted by molar-refractivity contribution is 0.253. The largest absolute Gasteiger partial charge is 0.381 e. The summed E-state index contributed by atoms with van der Waals surface area (Å²) in [7, 11) is 0. The van der Waals surface area contributed by atoms with E-state index in [2.05, 4.69) is 26.7 Å². The fourth-order valence-corrected chi connectivity index (χ4v) is 0.410. The number of halogens is 1. The normalized spacial score (nSPS) is 11.8. The molecule has 0 radical (unpaired) electrons. The Morgan fingerprint density at radius 1 is 1.83 bits per heavy atom. The van der Waals surface area contributed by atoms with Crippen molar-refractivity contribution < 1.29 is 5.11 Å². The molecule has 0 aliphatic carbocycles. The molecular weight excluding hydrogens is 144 g/mol. The molecule has 0 fully saturated rings. The Morgan fingerprint density at radius 3 is 2.33 bits per heavy atom. The first-order valence-electron chi connectivity index (χ1n) is 1.56. The molecule has 1 N–H and O–H groups in total. The van der Waals surface area contributed by atoms with E-state index < -0.39 is 6.10 Å². The highest BCUT2D eigenvalue weighted by Crippen LogP contribution is 1.74. The molecule has 0 aliphatic rings. The van der Waals surface area contributed by atoms with Crippen molar-refractivity contribution >= 4 is 15.9 Å². The predicted molar refractivity (Wildman–Crippen MR) is 28.4 cm³/mol. The lowest BCUT2D eigenvalue weighted by Gasteiger charge is -1.81. The highest BCUT2D eigenvalue weighted by Gasteiger charge is 1.77. The van der Waals surface area contributed by atoms with Crippen molar-refractivity contribution in [1.82, 2.24) is 0 Å². The molecule has 0 spiro atoms. The van der Waals surface area contributed by atoms with Gasteiger partial charge in [-0.1, -0.05) is 5.92 Å². The second-order valence-corrected chi connectivity index (χ2v) is 1.31. The zero-order valence-electron chi connectivity index (χ0n) is 3.40. The van der Waals surface area contributed by atoms with E-state index in [-0.39, 0.29) is 0 Å². The molecule has 0 amide bonds. The van der Waals surface area contributed by atoms with E-state index in [1.54, 1.807) is 6.92 Å². The minimum atomic E-state index is -0.510. The topological polar surface area (TPSA) is 20.2 Å². The van der Waals surface area contributed by atoms with E-state index in [1.165, 1.54) is 0 Å². The van der Waals surface area contributed by atoms with Crippen LogP contribution in [-0.4, -0.2) is 11.2 Å². The summed E-state index contributed by atoms with van der Waals surface area (Å²) < 4.78 is 0. The third-order valence-corrected chi connectivity index (χ3v) is 0.492. The van der Waals surface area contributed by atoms with Crippen LogP contribution in [0, 0.1) is 10.8 Å². The van der Waals surface area contributed by atoms with Crippen molar-refractivity contribution in [3.05, 3.63) is 0 Å². The Hall–Kier alpha value is 0. The van der Waals surface area contributed by atoms with Gasteiger partial charge in [0.2, 0.25) is 0 Å². The second-order valence-electron chi connectivity index (χ2n) is 0.915. The van der Waals surface area contributed by atoms with E-state index in [4.69, 9.17) is 5.11 Å². The maximum Gasteiger partial charge on any atom is 0.112 e. The van der Waals surface area contributed by atoms with Crippen molar-refractivity contribution in [3.63, 3.8) is 0 Å². The first-order chi connectivity index (χ1) is 2.77. The van der Waals surface area contributed by atoms with Gasteiger partial charge in [0.1, 0.15) is 6.10 Å². The summed E-state index contributed by atoms with van der Waals surface area (Å²) in [6.07, 6.45) is -0.510. The molecule has 6 heavy (non-hydrogen) atoms. The van der Waals surface area contributed by atoms with Gasteiger partial charge in [0, 0.05) is 15.9 Å². The van der Waals surface area contributed by atoms with Gasteiger partial charge in [-0.3, -0.25) is 0 Å². The number of hydrogen-bond acceptors (Lipinski definition) is 1. The van der Waals surface area contributed by atoms with Crippen LogP contribution < -0.4 is 0 Å². The van der Waals surface area contributed by atoms with Gasteiger partial charge in [0.25, 0.3) is 0 Å². The molecule has 34 valence electrons. The van der Waals surface area contributed by atoms with Gasteiger partial charge in [-0.25, -0.2) is 0 Å². The van der Waals surface area contributed by atoms with Crippen molar-refractivity contribution in [2.24, 2.45) is 0 Å². The van der Waals surface area contributed by atoms with Gasteiger partial charge >= 0.3 is 0 Å². The summed E-state index contributed by atoms with van der Waals surface area (Å²) in [5.41, 5.74) is 0. The molecule has 0 aromatic heterocycles. The molecule has 1 atom stereocenters. The van der Waals surface area contributed by atoms with Gasteiger partial charge < -0.3 is 5.11 Å². The zero-order valence-corrected chi connectivity index (χ0v) is 4.99. The van der Waals surface area contributed by atoms with Crippen molar-refractivity contribution in [3.8, 4) is 10.8 Å². The van der Waals surface area contributed by atoms with Crippen LogP contribution in [0.1, 0.15) is 6.92 Å². The Labute approximate surface area is 45.5 Å². The van der Waals surface area contributed by atoms with Gasteiger partial charge in [-0.15, -0.1) is 0 Å². The minimum Gasteiger partial charge on any atom is -0.381 e. The average molecular weight is 149 g/mol. The molecule has 1 nitrogen and oxygen atoms in total. The van der Waals surface area contributed by atoms with Gasteiger partial charge in [-0.2, -0.15) is 0 Å². The van der Waals surface area contributed by atoms with Crippen molar-refractivity contribution in [2.45, 2.75) is 13.0 Å². The molecule has 0 aromatic carbocycles. The number of aliphatic hydroxyl groups is 1. The molecule has 0 saturated carbocycles. The third kappa shape index (κ3) is 4.00. The molecular formula is C4H5BrO. The molecule has 2 heteroatoms. The molecule has 0 bridgehead atoms. The Morgan fingerprint density at radius 2 is 2.33 bits per heavy atom. The minimum absolute atomic E-state index is 0.510. The molecule has 0 heterocycles. The number of aliphatic hydroxyl groups excluding tert-OH is 1. The first-order valence-corrected chi connectivity index (χ1v) is 2.36. The van der Waals surface area contributed by atoms with E-state index in [9.17, 15) is 0 Å². The summed E-state index contributed by atoms with van der Waals surface area (Å²) in [5.74, 6) is 2.43. The quantitative estimate of drug-likeness (QED) is 0.503. The third-order valence-electron chi connectivity index (χ3n) is 0.263. The standard InChI is InChI=1S/C4H5BrO/c1-4(6)2-3-5/h4,6H,1H3/t4-/m0/s1. The van der Waals surface area contributed by atoms with Crippen LogP contribution in [0.25, 0.3) is 0 Å². The van der Waals surface area contributed by atoms with Crippen molar-refractivity contribution in [1.29, 1.82) is 0 Å². The van der Waals surface area contributed by atoms with Gasteiger partial charge in [0.05, 0.1) is 0 Å². The fourth-order valence-electron chi connectivity index (χ4n) is 0.0790. The highest BCUT2D eigenvalue weighted by molar-refractivity contribution is 9.12. The Bertz CT molecular complexity index is 77.3. The number of hydrogen-bond donors (Lipinski definition) is 1. The maximum atomic E-state index is 8.35. The molecule has 0 rings (SSSR count). The van der Waals surface area contributed by atoms with Crippen LogP contribution in [0.5, 0.6) is 0 Å². The summed E-state index contributed by atoms with van der Waals surface area (Å²) in [5, 5.41) is 8.35. The lowest BCUT2D eigenvalue weighted by atomic mass is 10.4. The maximum absolute atomic E-state index is 8.35.